The third-order valence-electron chi connectivity index (χ3n) is 5.57. The highest BCUT2D eigenvalue weighted by Gasteiger charge is 2.38. The summed E-state index contributed by atoms with van der Waals surface area (Å²) in [5.74, 6) is 0. The van der Waals surface area contributed by atoms with Crippen LogP contribution in [-0.2, 0) is 16.7 Å². The maximum Gasteiger partial charge on any atom is 0.409 e. The number of benzene rings is 2. The van der Waals surface area contributed by atoms with Crippen LogP contribution in [0.25, 0.3) is 0 Å². The molecule has 0 bridgehead atoms. The lowest BCUT2D eigenvalue weighted by Crippen LogP contribution is -2.49. The maximum absolute atomic E-state index is 12.2. The number of carbonyl (C=O) groups is 1. The highest BCUT2D eigenvalue weighted by molar-refractivity contribution is 5.67. The van der Waals surface area contributed by atoms with Crippen LogP contribution in [0.4, 0.5) is 4.79 Å². The van der Waals surface area contributed by atoms with Crippen molar-refractivity contribution in [3.63, 3.8) is 0 Å². The zero-order valence-corrected chi connectivity index (χ0v) is 16.4. The van der Waals surface area contributed by atoms with Gasteiger partial charge in [-0.1, -0.05) is 60.7 Å². The second kappa shape index (κ2) is 9.05. The third-order valence-corrected chi connectivity index (χ3v) is 5.57. The Morgan fingerprint density at radius 1 is 1.04 bits per heavy atom. The van der Waals surface area contributed by atoms with E-state index >= 15 is 0 Å². The highest BCUT2D eigenvalue weighted by atomic mass is 16.5. The van der Waals surface area contributed by atoms with Crippen LogP contribution in [0.3, 0.4) is 0 Å². The number of amides is 1. The molecule has 2 aromatic rings. The summed E-state index contributed by atoms with van der Waals surface area (Å²) in [6.45, 7) is 5.99. The number of piperidine rings is 1. The van der Waals surface area contributed by atoms with Gasteiger partial charge in [0.2, 0.25) is 0 Å². The van der Waals surface area contributed by atoms with Gasteiger partial charge in [-0.25, -0.2) is 4.79 Å². The fourth-order valence-electron chi connectivity index (χ4n) is 4.06. The molecule has 0 aliphatic carbocycles. The Labute approximate surface area is 162 Å². The molecule has 0 radical (unpaired) electrons. The van der Waals surface area contributed by atoms with E-state index in [4.69, 9.17) is 4.74 Å². The van der Waals surface area contributed by atoms with E-state index < -0.39 is 0 Å². The van der Waals surface area contributed by atoms with Gasteiger partial charge in [-0.2, -0.15) is 0 Å². The van der Waals surface area contributed by atoms with E-state index in [2.05, 4.69) is 65.6 Å². The lowest BCUT2D eigenvalue weighted by molar-refractivity contribution is 0.0880. The summed E-state index contributed by atoms with van der Waals surface area (Å²) in [6.07, 6.45) is 1.83. The van der Waals surface area contributed by atoms with Gasteiger partial charge in [0.05, 0.1) is 6.61 Å². The van der Waals surface area contributed by atoms with Gasteiger partial charge in [0.15, 0.2) is 0 Å². The molecular formula is C23H30N2O2. The van der Waals surface area contributed by atoms with Crippen LogP contribution in [0.2, 0.25) is 0 Å². The molecule has 1 saturated heterocycles. The van der Waals surface area contributed by atoms with Gasteiger partial charge in [-0.3, -0.25) is 4.90 Å². The van der Waals surface area contributed by atoms with Crippen molar-refractivity contribution >= 4 is 6.09 Å². The Balaban J connectivity index is 1.72. The largest absolute Gasteiger partial charge is 0.450 e. The summed E-state index contributed by atoms with van der Waals surface area (Å²) in [7, 11) is 1.85. The second-order valence-electron chi connectivity index (χ2n) is 7.46. The van der Waals surface area contributed by atoms with Gasteiger partial charge in [0.1, 0.15) is 0 Å². The van der Waals surface area contributed by atoms with E-state index in [9.17, 15) is 4.79 Å². The van der Waals surface area contributed by atoms with Crippen LogP contribution in [0.15, 0.2) is 60.7 Å². The number of rotatable bonds is 6. The van der Waals surface area contributed by atoms with E-state index in [0.29, 0.717) is 13.2 Å². The van der Waals surface area contributed by atoms with Gasteiger partial charge in [-0.15, -0.1) is 0 Å². The van der Waals surface area contributed by atoms with Crippen molar-refractivity contribution in [1.29, 1.82) is 0 Å². The minimum Gasteiger partial charge on any atom is -0.450 e. The Morgan fingerprint density at radius 2 is 1.63 bits per heavy atom. The van der Waals surface area contributed by atoms with Crippen molar-refractivity contribution in [1.82, 2.24) is 9.80 Å². The average molecular weight is 367 g/mol. The van der Waals surface area contributed by atoms with Crippen molar-refractivity contribution in [3.8, 4) is 0 Å². The predicted octanol–water partition coefficient (Wildman–Crippen LogP) is 4.31. The molecule has 27 heavy (non-hydrogen) atoms. The molecule has 1 aliphatic heterocycles. The second-order valence-corrected chi connectivity index (χ2v) is 7.46. The van der Waals surface area contributed by atoms with Crippen molar-refractivity contribution in [2.45, 2.75) is 31.7 Å². The summed E-state index contributed by atoms with van der Waals surface area (Å²) >= 11 is 0. The number of likely N-dealkylation sites (N-methyl/N-ethyl adjacent to an activating group) is 1. The summed E-state index contributed by atoms with van der Waals surface area (Å²) in [6, 6.07) is 21.3. The topological polar surface area (TPSA) is 32.8 Å². The number of hydrogen-bond acceptors (Lipinski definition) is 3. The standard InChI is InChI=1S/C23H30N2O2/c1-3-27-22(26)24(2)19-23(21-12-8-5-9-13-21)14-16-25(17-15-23)18-20-10-6-4-7-11-20/h4-13H,3,14-19H2,1-2H3. The first kappa shape index (κ1) is 19.4. The molecule has 1 heterocycles. The highest BCUT2D eigenvalue weighted by Crippen LogP contribution is 2.36. The first-order valence-electron chi connectivity index (χ1n) is 9.83. The molecule has 0 aromatic heterocycles. The van der Waals surface area contributed by atoms with Crippen LogP contribution >= 0.6 is 0 Å². The van der Waals surface area contributed by atoms with Crippen molar-refractivity contribution in [2.75, 3.05) is 33.3 Å². The number of ether oxygens (including phenoxy) is 1. The van der Waals surface area contributed by atoms with Crippen molar-refractivity contribution in [2.24, 2.45) is 0 Å². The average Bonchev–Trinajstić information content (AvgIpc) is 2.71. The van der Waals surface area contributed by atoms with Gasteiger partial charge in [0, 0.05) is 25.6 Å². The van der Waals surface area contributed by atoms with Gasteiger partial charge in [-0.05, 0) is 44.0 Å². The van der Waals surface area contributed by atoms with E-state index in [-0.39, 0.29) is 11.5 Å². The molecular weight excluding hydrogens is 336 g/mol. The Morgan fingerprint density at radius 3 is 2.22 bits per heavy atom. The summed E-state index contributed by atoms with van der Waals surface area (Å²) in [5, 5.41) is 0. The molecule has 0 atom stereocenters. The fourth-order valence-corrected chi connectivity index (χ4v) is 4.06. The zero-order chi connectivity index (χ0) is 19.1. The van der Waals surface area contributed by atoms with Gasteiger partial charge >= 0.3 is 6.09 Å². The maximum atomic E-state index is 12.2. The van der Waals surface area contributed by atoms with Gasteiger partial charge in [0.25, 0.3) is 0 Å². The molecule has 2 aromatic carbocycles. The van der Waals surface area contributed by atoms with Crippen molar-refractivity contribution in [3.05, 3.63) is 71.8 Å². The quantitative estimate of drug-likeness (QED) is 0.764. The normalized spacial score (nSPS) is 16.7. The molecule has 1 amide bonds. The Bertz CT molecular complexity index is 710. The fraction of sp³-hybridized carbons (Fsp3) is 0.435. The molecule has 144 valence electrons. The lowest BCUT2D eigenvalue weighted by atomic mass is 9.72. The molecule has 0 N–H and O–H groups in total. The summed E-state index contributed by atoms with van der Waals surface area (Å²) in [4.78, 5) is 16.4. The van der Waals surface area contributed by atoms with Crippen LogP contribution in [0, 0.1) is 0 Å². The molecule has 0 spiro atoms. The van der Waals surface area contributed by atoms with E-state index in [1.165, 1.54) is 11.1 Å². The lowest BCUT2D eigenvalue weighted by Gasteiger charge is -2.44. The first-order valence-corrected chi connectivity index (χ1v) is 9.83. The molecule has 3 rings (SSSR count). The number of likely N-dealkylation sites (tertiary alicyclic amines) is 1. The molecule has 4 heteroatoms. The van der Waals surface area contributed by atoms with Crippen LogP contribution in [0.1, 0.15) is 30.9 Å². The molecule has 0 unspecified atom stereocenters. The van der Waals surface area contributed by atoms with Gasteiger partial charge < -0.3 is 9.64 Å². The molecule has 0 saturated carbocycles. The monoisotopic (exact) mass is 366 g/mol. The zero-order valence-electron chi connectivity index (χ0n) is 16.4. The third kappa shape index (κ3) is 4.89. The van der Waals surface area contributed by atoms with E-state index in [1.807, 2.05) is 14.0 Å². The summed E-state index contributed by atoms with van der Waals surface area (Å²) < 4.78 is 5.20. The van der Waals surface area contributed by atoms with E-state index in [1.54, 1.807) is 4.90 Å². The van der Waals surface area contributed by atoms with Crippen LogP contribution in [0.5, 0.6) is 0 Å². The van der Waals surface area contributed by atoms with Crippen molar-refractivity contribution < 1.29 is 9.53 Å². The predicted molar refractivity (Wildman–Crippen MR) is 109 cm³/mol. The SMILES string of the molecule is CCOC(=O)N(C)CC1(c2ccccc2)CCN(Cc2ccccc2)CC1. The Kier molecular flexibility index (Phi) is 6.51. The first-order chi connectivity index (χ1) is 13.1. The minimum absolute atomic E-state index is 0.0179. The van der Waals surface area contributed by atoms with E-state index in [0.717, 1.165) is 32.5 Å². The molecule has 1 aliphatic rings. The summed E-state index contributed by atoms with van der Waals surface area (Å²) in [5.41, 5.74) is 2.66. The number of carbonyl (C=O) groups excluding carboxylic acids is 1. The molecule has 4 nitrogen and oxygen atoms in total. The molecule has 1 fully saturated rings. The number of nitrogens with zero attached hydrogens (tertiary/aromatic N) is 2. The van der Waals surface area contributed by atoms with Crippen LogP contribution < -0.4 is 0 Å². The van der Waals surface area contributed by atoms with Crippen LogP contribution in [-0.4, -0.2) is 49.2 Å². The minimum atomic E-state index is -0.237. The Hall–Kier alpha value is -2.33. The number of hydrogen-bond donors (Lipinski definition) is 0. The smallest absolute Gasteiger partial charge is 0.409 e.